The summed E-state index contributed by atoms with van der Waals surface area (Å²) in [7, 11) is 0. The number of nitrogens with zero attached hydrogens (tertiary/aromatic N) is 2. The van der Waals surface area contributed by atoms with Crippen molar-refractivity contribution in [3.8, 4) is 5.88 Å². The van der Waals surface area contributed by atoms with E-state index in [-0.39, 0.29) is 11.9 Å². The smallest absolute Gasteiger partial charge is 0.253 e. The molecule has 6 heteroatoms. The first-order valence-corrected chi connectivity index (χ1v) is 8.19. The Morgan fingerprint density at radius 2 is 2.00 bits per heavy atom. The van der Waals surface area contributed by atoms with Gasteiger partial charge in [-0.15, -0.1) is 0 Å². The van der Waals surface area contributed by atoms with Crippen LogP contribution in [0.4, 0.5) is 0 Å². The minimum Gasteiger partial charge on any atom is -0.473 e. The van der Waals surface area contributed by atoms with Crippen molar-refractivity contribution in [3.05, 3.63) is 54.0 Å². The van der Waals surface area contributed by atoms with Crippen LogP contribution in [0.1, 0.15) is 41.6 Å². The van der Waals surface area contributed by atoms with Gasteiger partial charge in [0.1, 0.15) is 6.61 Å². The summed E-state index contributed by atoms with van der Waals surface area (Å²) in [5.74, 6) is 0.246. The Labute approximate surface area is 140 Å². The van der Waals surface area contributed by atoms with Gasteiger partial charge in [-0.25, -0.2) is 4.98 Å². The van der Waals surface area contributed by atoms with E-state index in [1.807, 2.05) is 12.1 Å². The Balaban J connectivity index is 1.54. The van der Waals surface area contributed by atoms with Gasteiger partial charge in [0.25, 0.3) is 5.91 Å². The first kappa shape index (κ1) is 16.4. The van der Waals surface area contributed by atoms with Crippen molar-refractivity contribution < 1.29 is 14.6 Å². The van der Waals surface area contributed by atoms with E-state index in [9.17, 15) is 9.90 Å². The fourth-order valence-electron chi connectivity index (χ4n) is 2.77. The number of aliphatic hydroxyl groups is 1. The summed E-state index contributed by atoms with van der Waals surface area (Å²) >= 11 is 0. The molecule has 1 amide bonds. The number of hydrogen-bond acceptors (Lipinski definition) is 5. The molecule has 0 bridgehead atoms. The zero-order valence-electron chi connectivity index (χ0n) is 13.4. The lowest BCUT2D eigenvalue weighted by Crippen LogP contribution is -2.45. The molecule has 3 rings (SSSR count). The van der Waals surface area contributed by atoms with Gasteiger partial charge in [-0.2, -0.15) is 0 Å². The van der Waals surface area contributed by atoms with E-state index in [0.717, 1.165) is 31.2 Å². The standard InChI is InChI=1S/C18H21N3O3/c22-16-4-2-1-3-15(16)21-18(23)14-5-6-17(20-11-14)24-12-13-7-9-19-10-8-13/h5-11,15-16,22H,1-4,12H2,(H,21,23)/t15-,16-/m1/s1. The fraction of sp³-hybridized carbons (Fsp3) is 0.389. The number of carbonyl (C=O) groups is 1. The highest BCUT2D eigenvalue weighted by Gasteiger charge is 2.24. The Morgan fingerprint density at radius 1 is 1.21 bits per heavy atom. The van der Waals surface area contributed by atoms with Crippen molar-refractivity contribution in [1.29, 1.82) is 0 Å². The first-order valence-electron chi connectivity index (χ1n) is 8.19. The predicted octanol–water partition coefficient (Wildman–Crippen LogP) is 2.09. The molecule has 2 N–H and O–H groups in total. The average Bonchev–Trinajstić information content (AvgIpc) is 2.63. The lowest BCUT2D eigenvalue weighted by molar-refractivity contribution is 0.0717. The maximum Gasteiger partial charge on any atom is 0.253 e. The summed E-state index contributed by atoms with van der Waals surface area (Å²) in [6.07, 6.45) is 8.04. The van der Waals surface area contributed by atoms with Crippen LogP contribution in [0.5, 0.6) is 5.88 Å². The van der Waals surface area contributed by atoms with Crippen LogP contribution in [0.2, 0.25) is 0 Å². The number of carbonyl (C=O) groups excluding carboxylic acids is 1. The highest BCUT2D eigenvalue weighted by molar-refractivity contribution is 5.94. The molecule has 6 nitrogen and oxygen atoms in total. The third-order valence-corrected chi connectivity index (χ3v) is 4.18. The number of rotatable bonds is 5. The minimum atomic E-state index is -0.460. The summed E-state index contributed by atoms with van der Waals surface area (Å²) in [5.41, 5.74) is 1.46. The number of aromatic nitrogens is 2. The van der Waals surface area contributed by atoms with E-state index < -0.39 is 6.10 Å². The Kier molecular flexibility index (Phi) is 5.38. The zero-order valence-corrected chi connectivity index (χ0v) is 13.4. The van der Waals surface area contributed by atoms with Gasteiger partial charge in [0.2, 0.25) is 5.88 Å². The molecule has 1 aliphatic carbocycles. The maximum atomic E-state index is 12.2. The largest absolute Gasteiger partial charge is 0.473 e. The van der Waals surface area contributed by atoms with Gasteiger partial charge in [0.05, 0.1) is 17.7 Å². The van der Waals surface area contributed by atoms with Crippen molar-refractivity contribution in [3.63, 3.8) is 0 Å². The van der Waals surface area contributed by atoms with Crippen molar-refractivity contribution in [2.45, 2.75) is 44.4 Å². The molecule has 1 fully saturated rings. The van der Waals surface area contributed by atoms with E-state index in [0.29, 0.717) is 18.1 Å². The lowest BCUT2D eigenvalue weighted by Gasteiger charge is -2.28. The Morgan fingerprint density at radius 3 is 2.71 bits per heavy atom. The predicted molar refractivity (Wildman–Crippen MR) is 88.5 cm³/mol. The van der Waals surface area contributed by atoms with Gasteiger partial charge in [0.15, 0.2) is 0 Å². The molecule has 0 radical (unpaired) electrons. The summed E-state index contributed by atoms with van der Waals surface area (Å²) in [5, 5.41) is 12.8. The molecule has 126 valence electrons. The van der Waals surface area contributed by atoms with E-state index in [1.165, 1.54) is 6.20 Å². The Bertz CT molecular complexity index is 661. The quantitative estimate of drug-likeness (QED) is 0.878. The SMILES string of the molecule is O=C(N[C@@H]1CCCC[C@H]1O)c1ccc(OCc2ccncc2)nc1. The summed E-state index contributed by atoms with van der Waals surface area (Å²) in [4.78, 5) is 20.4. The first-order chi connectivity index (χ1) is 11.7. The molecule has 0 saturated heterocycles. The number of pyridine rings is 2. The van der Waals surface area contributed by atoms with Crippen molar-refractivity contribution >= 4 is 5.91 Å². The van der Waals surface area contributed by atoms with Gasteiger partial charge in [-0.3, -0.25) is 9.78 Å². The lowest BCUT2D eigenvalue weighted by atomic mass is 9.92. The molecule has 1 aliphatic rings. The zero-order chi connectivity index (χ0) is 16.8. The molecule has 0 spiro atoms. The number of ether oxygens (including phenoxy) is 1. The van der Waals surface area contributed by atoms with Crippen molar-refractivity contribution in [2.24, 2.45) is 0 Å². The maximum absolute atomic E-state index is 12.2. The van der Waals surface area contributed by atoms with Gasteiger partial charge < -0.3 is 15.2 Å². The number of nitrogens with one attached hydrogen (secondary N) is 1. The molecular weight excluding hydrogens is 306 g/mol. The van der Waals surface area contributed by atoms with Gasteiger partial charge in [0, 0.05) is 24.7 Å². The highest BCUT2D eigenvalue weighted by Crippen LogP contribution is 2.19. The summed E-state index contributed by atoms with van der Waals surface area (Å²) in [6.45, 7) is 0.398. The fourth-order valence-corrected chi connectivity index (χ4v) is 2.77. The second-order valence-electron chi connectivity index (χ2n) is 5.96. The minimum absolute atomic E-state index is 0.172. The number of aliphatic hydroxyl groups excluding tert-OH is 1. The molecule has 2 aromatic heterocycles. The third-order valence-electron chi connectivity index (χ3n) is 4.18. The average molecular weight is 327 g/mol. The molecule has 24 heavy (non-hydrogen) atoms. The van der Waals surface area contributed by atoms with Gasteiger partial charge in [-0.1, -0.05) is 12.8 Å². The van der Waals surface area contributed by atoms with Gasteiger partial charge >= 0.3 is 0 Å². The van der Waals surface area contributed by atoms with E-state index in [1.54, 1.807) is 24.5 Å². The summed E-state index contributed by atoms with van der Waals surface area (Å²) in [6, 6.07) is 6.93. The topological polar surface area (TPSA) is 84.3 Å². The molecular formula is C18H21N3O3. The van der Waals surface area contributed by atoms with E-state index >= 15 is 0 Å². The molecule has 2 aromatic rings. The van der Waals surface area contributed by atoms with Gasteiger partial charge in [-0.05, 0) is 36.6 Å². The second-order valence-corrected chi connectivity index (χ2v) is 5.96. The molecule has 2 heterocycles. The highest BCUT2D eigenvalue weighted by atomic mass is 16.5. The van der Waals surface area contributed by atoms with Crippen molar-refractivity contribution in [1.82, 2.24) is 15.3 Å². The van der Waals surface area contributed by atoms with Crippen LogP contribution in [0.25, 0.3) is 0 Å². The van der Waals surface area contributed by atoms with Crippen LogP contribution < -0.4 is 10.1 Å². The van der Waals surface area contributed by atoms with E-state index in [2.05, 4.69) is 15.3 Å². The normalized spacial score (nSPS) is 20.4. The van der Waals surface area contributed by atoms with E-state index in [4.69, 9.17) is 4.74 Å². The molecule has 0 aliphatic heterocycles. The van der Waals surface area contributed by atoms with Crippen LogP contribution >= 0.6 is 0 Å². The third kappa shape index (κ3) is 4.29. The molecule has 0 aromatic carbocycles. The second kappa shape index (κ2) is 7.88. The van der Waals surface area contributed by atoms with Crippen LogP contribution in [-0.4, -0.2) is 33.1 Å². The van der Waals surface area contributed by atoms with Crippen LogP contribution in [0.3, 0.4) is 0 Å². The Hall–Kier alpha value is -2.47. The number of hydrogen-bond donors (Lipinski definition) is 2. The molecule has 2 atom stereocenters. The molecule has 0 unspecified atom stereocenters. The molecule has 1 saturated carbocycles. The van der Waals surface area contributed by atoms with Crippen LogP contribution in [-0.2, 0) is 6.61 Å². The van der Waals surface area contributed by atoms with Crippen LogP contribution in [0.15, 0.2) is 42.9 Å². The number of amides is 1. The van der Waals surface area contributed by atoms with Crippen LogP contribution in [0, 0.1) is 0 Å². The van der Waals surface area contributed by atoms with Crippen molar-refractivity contribution in [2.75, 3.05) is 0 Å². The monoisotopic (exact) mass is 327 g/mol. The summed E-state index contributed by atoms with van der Waals surface area (Å²) < 4.78 is 5.58.